The van der Waals surface area contributed by atoms with Gasteiger partial charge in [0.15, 0.2) is 0 Å². The molecule has 25 heavy (non-hydrogen) atoms. The number of nitrogens with two attached hydrogens (primary N) is 1. The lowest BCUT2D eigenvalue weighted by molar-refractivity contribution is -0.123. The molecule has 0 aliphatic heterocycles. The molecule has 9 heteroatoms. The van der Waals surface area contributed by atoms with Crippen LogP contribution in [0.5, 0.6) is 0 Å². The van der Waals surface area contributed by atoms with E-state index >= 15 is 0 Å². The average molecular weight is 391 g/mol. The van der Waals surface area contributed by atoms with Crippen LogP contribution in [0.2, 0.25) is 5.02 Å². The smallest absolute Gasteiger partial charge is 0.253 e. The number of rotatable bonds is 7. The minimum absolute atomic E-state index is 0. The molecule has 1 rings (SSSR count). The Hall–Kier alpha value is -1.83. The number of anilines is 1. The minimum Gasteiger partial charge on any atom is -0.347 e. The molecule has 7 nitrogen and oxygen atoms in total. The highest BCUT2D eigenvalue weighted by Gasteiger charge is 2.20. The van der Waals surface area contributed by atoms with Gasteiger partial charge in [-0.25, -0.2) is 0 Å². The first-order chi connectivity index (χ1) is 11.2. The molecule has 0 aromatic heterocycles. The monoisotopic (exact) mass is 390 g/mol. The highest BCUT2D eigenvalue weighted by Crippen LogP contribution is 2.22. The Balaban J connectivity index is 0.00000576. The van der Waals surface area contributed by atoms with Crippen molar-refractivity contribution >= 4 is 47.4 Å². The maximum atomic E-state index is 12.2. The second-order valence-electron chi connectivity index (χ2n) is 5.92. The van der Waals surface area contributed by atoms with Crippen molar-refractivity contribution in [2.45, 2.75) is 32.7 Å². The number of carbonyl (C=O) groups is 3. The van der Waals surface area contributed by atoms with Gasteiger partial charge in [0.2, 0.25) is 11.8 Å². The van der Waals surface area contributed by atoms with Gasteiger partial charge in [-0.15, -0.1) is 12.4 Å². The fraction of sp³-hybridized carbons (Fsp3) is 0.438. The normalized spacial score (nSPS) is 10.4. The summed E-state index contributed by atoms with van der Waals surface area (Å²) in [7, 11) is 0. The van der Waals surface area contributed by atoms with Gasteiger partial charge >= 0.3 is 0 Å². The van der Waals surface area contributed by atoms with Gasteiger partial charge in [-0.2, -0.15) is 0 Å². The zero-order valence-corrected chi connectivity index (χ0v) is 16.0. The highest BCUT2D eigenvalue weighted by atomic mass is 35.5. The molecular weight excluding hydrogens is 367 g/mol. The zero-order chi connectivity index (χ0) is 18.3. The molecular formula is C16H24Cl2N4O3. The van der Waals surface area contributed by atoms with Crippen LogP contribution in [0.3, 0.4) is 0 Å². The summed E-state index contributed by atoms with van der Waals surface area (Å²) >= 11 is 6.13. The second kappa shape index (κ2) is 10.2. The minimum atomic E-state index is -0.422. The van der Waals surface area contributed by atoms with E-state index in [4.69, 9.17) is 17.3 Å². The van der Waals surface area contributed by atoms with E-state index in [0.717, 1.165) is 6.42 Å². The summed E-state index contributed by atoms with van der Waals surface area (Å²) in [6, 6.07) is 4.60. The first-order valence-corrected chi connectivity index (χ1v) is 7.95. The molecule has 0 bridgehead atoms. The molecule has 0 fully saturated rings. The van der Waals surface area contributed by atoms with E-state index in [9.17, 15) is 14.4 Å². The third-order valence-corrected chi connectivity index (χ3v) is 3.78. The predicted molar refractivity (Wildman–Crippen MR) is 101 cm³/mol. The van der Waals surface area contributed by atoms with Gasteiger partial charge in [-0.3, -0.25) is 14.4 Å². The Labute approximate surface area is 158 Å². The first-order valence-electron chi connectivity index (χ1n) is 7.57. The van der Waals surface area contributed by atoms with Crippen molar-refractivity contribution in [3.63, 3.8) is 0 Å². The number of hydrogen-bond donors (Lipinski definition) is 4. The van der Waals surface area contributed by atoms with Crippen molar-refractivity contribution in [3.8, 4) is 0 Å². The van der Waals surface area contributed by atoms with Gasteiger partial charge in [0.25, 0.3) is 5.91 Å². The van der Waals surface area contributed by atoms with Crippen LogP contribution in [-0.4, -0.2) is 36.3 Å². The van der Waals surface area contributed by atoms with Crippen molar-refractivity contribution in [2.75, 3.05) is 18.4 Å². The highest BCUT2D eigenvalue weighted by molar-refractivity contribution is 6.34. The molecule has 0 saturated heterocycles. The molecule has 1 aromatic carbocycles. The van der Waals surface area contributed by atoms with Crippen molar-refractivity contribution < 1.29 is 14.4 Å². The molecule has 0 spiro atoms. The third kappa shape index (κ3) is 7.72. The molecule has 5 N–H and O–H groups in total. The lowest BCUT2D eigenvalue weighted by Crippen LogP contribution is -2.42. The van der Waals surface area contributed by atoms with E-state index in [1.165, 1.54) is 12.1 Å². The summed E-state index contributed by atoms with van der Waals surface area (Å²) in [5.74, 6) is -1.12. The number of benzene rings is 1. The van der Waals surface area contributed by atoms with Crippen LogP contribution >= 0.6 is 24.0 Å². The molecule has 3 amide bonds. The maximum absolute atomic E-state index is 12.2. The number of amides is 3. The maximum Gasteiger partial charge on any atom is 0.253 e. The van der Waals surface area contributed by atoms with Crippen LogP contribution in [0.15, 0.2) is 18.2 Å². The van der Waals surface area contributed by atoms with Gasteiger partial charge in [0.1, 0.15) is 0 Å². The molecule has 0 aliphatic rings. The molecule has 0 heterocycles. The van der Waals surface area contributed by atoms with Gasteiger partial charge in [0, 0.05) is 11.2 Å². The van der Waals surface area contributed by atoms with Crippen LogP contribution in [0.25, 0.3) is 0 Å². The van der Waals surface area contributed by atoms with Gasteiger partial charge in [-0.1, -0.05) is 18.5 Å². The number of halogens is 2. The Morgan fingerprint density at radius 3 is 2.36 bits per heavy atom. The van der Waals surface area contributed by atoms with Gasteiger partial charge in [0.05, 0.1) is 23.7 Å². The molecule has 0 atom stereocenters. The summed E-state index contributed by atoms with van der Waals surface area (Å²) in [6.07, 6.45) is 0.777. The van der Waals surface area contributed by atoms with E-state index in [1.54, 1.807) is 6.07 Å². The Morgan fingerprint density at radius 1 is 1.20 bits per heavy atom. The standard InChI is InChI=1S/C16H23ClN4O3.ClH/c1-4-16(2,3)21-15(24)11-6-5-10(7-12(11)17)20-14(23)9-19-13(22)8-18;/h5-7H,4,8-9,18H2,1-3H3,(H,19,22)(H,20,23)(H,21,24);1H. The van der Waals surface area contributed by atoms with Crippen LogP contribution in [0, 0.1) is 0 Å². The second-order valence-corrected chi connectivity index (χ2v) is 6.32. The number of nitrogens with one attached hydrogen (secondary N) is 3. The van der Waals surface area contributed by atoms with Crippen molar-refractivity contribution in [1.29, 1.82) is 0 Å². The Bertz CT molecular complexity index is 636. The van der Waals surface area contributed by atoms with E-state index in [1.807, 2.05) is 20.8 Å². The lowest BCUT2D eigenvalue weighted by Gasteiger charge is -2.24. The van der Waals surface area contributed by atoms with E-state index < -0.39 is 11.8 Å². The number of carbonyl (C=O) groups excluding carboxylic acids is 3. The van der Waals surface area contributed by atoms with Crippen LogP contribution < -0.4 is 21.7 Å². The van der Waals surface area contributed by atoms with Crippen LogP contribution in [-0.2, 0) is 9.59 Å². The van der Waals surface area contributed by atoms with E-state index in [0.29, 0.717) is 11.3 Å². The average Bonchev–Trinajstić information content (AvgIpc) is 2.52. The Morgan fingerprint density at radius 2 is 1.84 bits per heavy atom. The van der Waals surface area contributed by atoms with Crippen LogP contribution in [0.1, 0.15) is 37.6 Å². The molecule has 1 aromatic rings. The summed E-state index contributed by atoms with van der Waals surface area (Å²) in [5, 5.41) is 8.05. The van der Waals surface area contributed by atoms with Crippen molar-refractivity contribution in [3.05, 3.63) is 28.8 Å². The topological polar surface area (TPSA) is 113 Å². The summed E-state index contributed by atoms with van der Waals surface area (Å²) in [6.45, 7) is 5.44. The quantitative estimate of drug-likeness (QED) is 0.567. The van der Waals surface area contributed by atoms with Gasteiger partial charge in [-0.05, 0) is 38.5 Å². The van der Waals surface area contributed by atoms with E-state index in [2.05, 4.69) is 16.0 Å². The summed E-state index contributed by atoms with van der Waals surface area (Å²) < 4.78 is 0. The molecule has 0 unspecified atom stereocenters. The summed E-state index contributed by atoms with van der Waals surface area (Å²) in [5.41, 5.74) is 5.55. The zero-order valence-electron chi connectivity index (χ0n) is 14.4. The third-order valence-electron chi connectivity index (χ3n) is 3.46. The molecule has 0 aliphatic carbocycles. The molecule has 0 saturated carbocycles. The molecule has 140 valence electrons. The number of hydrogen-bond acceptors (Lipinski definition) is 4. The van der Waals surface area contributed by atoms with Crippen molar-refractivity contribution in [2.24, 2.45) is 5.73 Å². The van der Waals surface area contributed by atoms with Gasteiger partial charge < -0.3 is 21.7 Å². The predicted octanol–water partition coefficient (Wildman–Crippen LogP) is 1.69. The Kier molecular flexibility index (Phi) is 9.48. The largest absolute Gasteiger partial charge is 0.347 e. The lowest BCUT2D eigenvalue weighted by atomic mass is 10.0. The molecule has 0 radical (unpaired) electrons. The van der Waals surface area contributed by atoms with E-state index in [-0.39, 0.29) is 42.0 Å². The fourth-order valence-corrected chi connectivity index (χ4v) is 1.96. The van der Waals surface area contributed by atoms with Crippen LogP contribution in [0.4, 0.5) is 5.69 Å². The SMILES string of the molecule is CCC(C)(C)NC(=O)c1ccc(NC(=O)CNC(=O)CN)cc1Cl.Cl. The van der Waals surface area contributed by atoms with Crippen molar-refractivity contribution in [1.82, 2.24) is 10.6 Å². The fourth-order valence-electron chi connectivity index (χ4n) is 1.70. The first kappa shape index (κ1) is 23.2. The summed E-state index contributed by atoms with van der Waals surface area (Å²) in [4.78, 5) is 34.9.